The van der Waals surface area contributed by atoms with Crippen molar-refractivity contribution in [3.63, 3.8) is 0 Å². The zero-order valence-corrected chi connectivity index (χ0v) is 17.5. The predicted molar refractivity (Wildman–Crippen MR) is 124 cm³/mol. The van der Waals surface area contributed by atoms with E-state index in [1.807, 2.05) is 0 Å². The number of hydrogen-bond acceptors (Lipinski definition) is 0. The van der Waals surface area contributed by atoms with Crippen molar-refractivity contribution in [3.05, 3.63) is 132 Å². The summed E-state index contributed by atoms with van der Waals surface area (Å²) in [5.41, 5.74) is 3.99. The quantitative estimate of drug-likeness (QED) is 0.452. The molecule has 0 heterocycles. The number of hydrogen-bond donors (Lipinski definition) is 0. The molecule has 0 saturated carbocycles. The van der Waals surface area contributed by atoms with Gasteiger partial charge in [-0.3, -0.25) is 0 Å². The Kier molecular flexibility index (Phi) is 5.27. The summed E-state index contributed by atoms with van der Waals surface area (Å²) in [6, 6.07) is 32.9. The monoisotopic (exact) mass is 378 g/mol. The van der Waals surface area contributed by atoms with E-state index >= 15 is 0 Å². The van der Waals surface area contributed by atoms with E-state index in [1.54, 1.807) is 5.20 Å². The summed E-state index contributed by atoms with van der Waals surface area (Å²) in [6.07, 6.45) is 9.07. The van der Waals surface area contributed by atoms with E-state index < -0.39 is 8.07 Å². The van der Waals surface area contributed by atoms with Gasteiger partial charge in [-0.25, -0.2) is 0 Å². The molecule has 28 heavy (non-hydrogen) atoms. The third-order valence-corrected chi connectivity index (χ3v) is 9.35. The molecule has 0 atom stereocenters. The van der Waals surface area contributed by atoms with Gasteiger partial charge in [0.25, 0.3) is 0 Å². The van der Waals surface area contributed by atoms with E-state index in [9.17, 15) is 0 Å². The van der Waals surface area contributed by atoms with Crippen LogP contribution in [-0.2, 0) is 0 Å². The van der Waals surface area contributed by atoms with Gasteiger partial charge in [0.1, 0.15) is 8.07 Å². The standard InChI is InChI=1S/C27H26Si/c1-28(2,25-20-10-5-11-21-25)27(24-18-12-13-19-24)26(22-14-6-3-7-15-22)23-16-8-4-9-17-23/h3-21,24H,1-2H3. The van der Waals surface area contributed by atoms with Crippen molar-refractivity contribution < 1.29 is 0 Å². The molecule has 0 saturated heterocycles. The Labute approximate surface area is 169 Å². The highest BCUT2D eigenvalue weighted by Gasteiger charge is 2.35. The second kappa shape index (κ2) is 8.00. The summed E-state index contributed by atoms with van der Waals surface area (Å²) in [6.45, 7) is 4.98. The van der Waals surface area contributed by atoms with E-state index in [0.717, 1.165) is 0 Å². The molecular formula is C27H26Si. The van der Waals surface area contributed by atoms with E-state index in [1.165, 1.54) is 21.9 Å². The highest BCUT2D eigenvalue weighted by molar-refractivity contribution is 6.96. The lowest BCUT2D eigenvalue weighted by Crippen LogP contribution is -2.46. The van der Waals surface area contributed by atoms with Crippen LogP contribution in [0.5, 0.6) is 0 Å². The predicted octanol–water partition coefficient (Wildman–Crippen LogP) is 6.39. The van der Waals surface area contributed by atoms with Gasteiger partial charge in [-0.15, -0.1) is 0 Å². The molecule has 4 rings (SSSR count). The van der Waals surface area contributed by atoms with Gasteiger partial charge in [-0.2, -0.15) is 0 Å². The van der Waals surface area contributed by atoms with Crippen molar-refractivity contribution in [1.82, 2.24) is 0 Å². The summed E-state index contributed by atoms with van der Waals surface area (Å²) in [7, 11) is -1.93. The molecule has 138 valence electrons. The first-order chi connectivity index (χ1) is 13.7. The molecule has 0 spiro atoms. The van der Waals surface area contributed by atoms with E-state index in [-0.39, 0.29) is 0 Å². The second-order valence-corrected chi connectivity index (χ2v) is 12.2. The zero-order valence-electron chi connectivity index (χ0n) is 16.5. The molecule has 3 aromatic carbocycles. The Morgan fingerprint density at radius 1 is 0.607 bits per heavy atom. The molecule has 0 nitrogen and oxygen atoms in total. The van der Waals surface area contributed by atoms with Gasteiger partial charge >= 0.3 is 0 Å². The lowest BCUT2D eigenvalue weighted by atomic mass is 9.94. The fraction of sp³-hybridized carbons (Fsp3) is 0.111. The van der Waals surface area contributed by atoms with Crippen molar-refractivity contribution in [2.45, 2.75) is 13.1 Å². The van der Waals surface area contributed by atoms with Crippen molar-refractivity contribution in [3.8, 4) is 0 Å². The first kappa shape index (κ1) is 18.5. The average molecular weight is 379 g/mol. The number of rotatable bonds is 5. The van der Waals surface area contributed by atoms with Gasteiger partial charge < -0.3 is 0 Å². The van der Waals surface area contributed by atoms with Gasteiger partial charge in [0.05, 0.1) is 0 Å². The normalized spacial score (nSPS) is 13.6. The first-order valence-corrected chi connectivity index (χ1v) is 12.9. The lowest BCUT2D eigenvalue weighted by Gasteiger charge is -2.33. The molecule has 0 aliphatic heterocycles. The second-order valence-electron chi connectivity index (χ2n) is 7.81. The Hall–Kier alpha value is -2.90. The smallest absolute Gasteiger partial charge is 0.0739 e. The first-order valence-electron chi connectivity index (χ1n) is 9.94. The van der Waals surface area contributed by atoms with Gasteiger partial charge in [-0.1, -0.05) is 139 Å². The molecule has 1 aliphatic carbocycles. The Bertz CT molecular complexity index is 956. The van der Waals surface area contributed by atoms with Crippen LogP contribution in [0, 0.1) is 5.92 Å². The Balaban J connectivity index is 2.04. The SMILES string of the molecule is C[Si](C)(C(=C(c1ccccc1)c1ccccc1)C1C=CC=C1)c1ccccc1. The minimum atomic E-state index is -1.93. The maximum Gasteiger partial charge on any atom is 0.109 e. The van der Waals surface area contributed by atoms with Crippen molar-refractivity contribution >= 4 is 18.8 Å². The minimum absolute atomic E-state index is 0.345. The third kappa shape index (κ3) is 3.58. The molecule has 0 radical (unpaired) electrons. The molecule has 0 bridgehead atoms. The molecule has 0 unspecified atom stereocenters. The van der Waals surface area contributed by atoms with Gasteiger partial charge in [0, 0.05) is 5.92 Å². The fourth-order valence-corrected chi connectivity index (χ4v) is 7.49. The summed E-state index contributed by atoms with van der Waals surface area (Å²) < 4.78 is 0. The maximum atomic E-state index is 2.49. The topological polar surface area (TPSA) is 0 Å². The van der Waals surface area contributed by atoms with Crippen LogP contribution in [0.1, 0.15) is 11.1 Å². The van der Waals surface area contributed by atoms with Gasteiger partial charge in [-0.05, 0) is 16.7 Å². The van der Waals surface area contributed by atoms with Crippen LogP contribution in [0.25, 0.3) is 5.57 Å². The zero-order chi connectivity index (χ0) is 19.4. The number of benzene rings is 3. The highest BCUT2D eigenvalue weighted by Crippen LogP contribution is 2.38. The average Bonchev–Trinajstić information content (AvgIpc) is 3.28. The minimum Gasteiger partial charge on any atom is -0.0739 e. The highest BCUT2D eigenvalue weighted by atomic mass is 28.3. The van der Waals surface area contributed by atoms with E-state index in [0.29, 0.717) is 5.92 Å². The van der Waals surface area contributed by atoms with Crippen LogP contribution in [0.2, 0.25) is 13.1 Å². The van der Waals surface area contributed by atoms with Gasteiger partial charge in [0.2, 0.25) is 0 Å². The summed E-state index contributed by atoms with van der Waals surface area (Å²) >= 11 is 0. The van der Waals surface area contributed by atoms with Crippen molar-refractivity contribution in [2.24, 2.45) is 5.92 Å². The Morgan fingerprint density at radius 2 is 1.04 bits per heavy atom. The van der Waals surface area contributed by atoms with Crippen LogP contribution in [0.4, 0.5) is 0 Å². The van der Waals surface area contributed by atoms with Crippen LogP contribution < -0.4 is 5.19 Å². The molecule has 0 fully saturated rings. The van der Waals surface area contributed by atoms with E-state index in [2.05, 4.69) is 128 Å². The molecule has 1 heteroatoms. The summed E-state index contributed by atoms with van der Waals surface area (Å²) in [5.74, 6) is 0.345. The Morgan fingerprint density at radius 3 is 1.50 bits per heavy atom. The summed E-state index contributed by atoms with van der Waals surface area (Å²) in [5, 5.41) is 3.05. The molecule has 0 N–H and O–H groups in total. The maximum absolute atomic E-state index is 2.49. The van der Waals surface area contributed by atoms with E-state index in [4.69, 9.17) is 0 Å². The lowest BCUT2D eigenvalue weighted by molar-refractivity contribution is 1.05. The third-order valence-electron chi connectivity index (χ3n) is 5.64. The molecule has 0 amide bonds. The summed E-state index contributed by atoms with van der Waals surface area (Å²) in [4.78, 5) is 0. The molecular weight excluding hydrogens is 352 g/mol. The fourth-order valence-electron chi connectivity index (χ4n) is 4.22. The van der Waals surface area contributed by atoms with Crippen molar-refractivity contribution in [1.29, 1.82) is 0 Å². The molecule has 1 aliphatic rings. The van der Waals surface area contributed by atoms with Crippen LogP contribution in [-0.4, -0.2) is 8.07 Å². The van der Waals surface area contributed by atoms with Gasteiger partial charge in [0.15, 0.2) is 0 Å². The van der Waals surface area contributed by atoms with Crippen LogP contribution >= 0.6 is 0 Å². The molecule has 0 aromatic heterocycles. The molecule has 3 aromatic rings. The van der Waals surface area contributed by atoms with Crippen LogP contribution in [0.3, 0.4) is 0 Å². The van der Waals surface area contributed by atoms with Crippen LogP contribution in [0.15, 0.2) is 120 Å². The van der Waals surface area contributed by atoms with Crippen molar-refractivity contribution in [2.75, 3.05) is 0 Å². The number of allylic oxidation sites excluding steroid dienone is 5. The largest absolute Gasteiger partial charge is 0.109 e.